The quantitative estimate of drug-likeness (QED) is 0.707. The highest BCUT2D eigenvalue weighted by atomic mass is 32.2. The molecule has 2 aromatic rings. The summed E-state index contributed by atoms with van der Waals surface area (Å²) < 4.78 is 38.6. The molecule has 0 unspecified atom stereocenters. The molecule has 0 aliphatic carbocycles. The number of aliphatic imine (C=N–C) groups is 1. The SMILES string of the molecule is CN(C)S(=O)(=O)Nc1ccc2c(c1)COC(NCCOc1ccccc1)=N2. The van der Waals surface area contributed by atoms with Crippen LogP contribution in [0.5, 0.6) is 5.75 Å². The smallest absolute Gasteiger partial charge is 0.301 e. The fourth-order valence-electron chi connectivity index (χ4n) is 2.34. The minimum atomic E-state index is -3.55. The van der Waals surface area contributed by atoms with Crippen LogP contribution in [0.2, 0.25) is 0 Å². The highest BCUT2D eigenvalue weighted by Gasteiger charge is 2.17. The minimum Gasteiger partial charge on any atom is -0.492 e. The maximum atomic E-state index is 11.9. The Kier molecular flexibility index (Phi) is 5.82. The molecule has 0 aromatic heterocycles. The first-order chi connectivity index (χ1) is 12.9. The van der Waals surface area contributed by atoms with Gasteiger partial charge in [0.15, 0.2) is 0 Å². The van der Waals surface area contributed by atoms with Crippen molar-refractivity contribution in [2.75, 3.05) is 32.0 Å². The number of hydrogen-bond donors (Lipinski definition) is 2. The molecule has 0 radical (unpaired) electrons. The van der Waals surface area contributed by atoms with Gasteiger partial charge >= 0.3 is 10.2 Å². The Hall–Kier alpha value is -2.78. The molecule has 0 amide bonds. The molecule has 0 spiro atoms. The van der Waals surface area contributed by atoms with E-state index in [1.165, 1.54) is 14.1 Å². The first kappa shape index (κ1) is 19.0. The van der Waals surface area contributed by atoms with Gasteiger partial charge in [-0.05, 0) is 30.3 Å². The van der Waals surface area contributed by atoms with Gasteiger partial charge in [-0.15, -0.1) is 0 Å². The zero-order valence-electron chi connectivity index (χ0n) is 15.2. The Labute approximate surface area is 159 Å². The van der Waals surface area contributed by atoms with Crippen molar-refractivity contribution in [2.45, 2.75) is 6.61 Å². The number of nitrogens with one attached hydrogen (secondary N) is 2. The molecule has 9 heteroatoms. The molecule has 144 valence electrons. The summed E-state index contributed by atoms with van der Waals surface area (Å²) in [5, 5.41) is 3.09. The summed E-state index contributed by atoms with van der Waals surface area (Å²) in [6, 6.07) is 15.1. The van der Waals surface area contributed by atoms with Gasteiger partial charge in [0.1, 0.15) is 19.0 Å². The van der Waals surface area contributed by atoms with Gasteiger partial charge in [0.25, 0.3) is 6.02 Å². The zero-order chi connectivity index (χ0) is 19.3. The molecule has 0 saturated heterocycles. The zero-order valence-corrected chi connectivity index (χ0v) is 16.0. The Bertz CT molecular complexity index is 914. The number of fused-ring (bicyclic) bond motifs is 1. The van der Waals surface area contributed by atoms with Crippen molar-refractivity contribution >= 4 is 27.6 Å². The Morgan fingerprint density at radius 2 is 1.96 bits per heavy atom. The Morgan fingerprint density at radius 1 is 1.19 bits per heavy atom. The molecule has 0 bridgehead atoms. The predicted octanol–water partition coefficient (Wildman–Crippen LogP) is 2.09. The fraction of sp³-hybridized carbons (Fsp3) is 0.278. The van der Waals surface area contributed by atoms with Gasteiger partial charge in [0.05, 0.1) is 17.9 Å². The van der Waals surface area contributed by atoms with Crippen molar-refractivity contribution < 1.29 is 17.9 Å². The van der Waals surface area contributed by atoms with Crippen molar-refractivity contribution in [3.8, 4) is 5.75 Å². The first-order valence-electron chi connectivity index (χ1n) is 8.40. The lowest BCUT2D eigenvalue weighted by molar-refractivity contribution is 0.263. The second kappa shape index (κ2) is 8.28. The second-order valence-corrected chi connectivity index (χ2v) is 7.91. The molecule has 0 atom stereocenters. The van der Waals surface area contributed by atoms with E-state index in [-0.39, 0.29) is 0 Å². The highest BCUT2D eigenvalue weighted by molar-refractivity contribution is 7.90. The number of nitrogens with zero attached hydrogens (tertiary/aromatic N) is 2. The molecule has 2 aromatic carbocycles. The van der Waals surface area contributed by atoms with E-state index in [1.807, 2.05) is 30.3 Å². The van der Waals surface area contributed by atoms with Crippen LogP contribution in [-0.4, -0.2) is 46.0 Å². The van der Waals surface area contributed by atoms with E-state index in [1.54, 1.807) is 18.2 Å². The van der Waals surface area contributed by atoms with E-state index in [0.29, 0.717) is 31.5 Å². The summed E-state index contributed by atoms with van der Waals surface area (Å²) in [5.41, 5.74) is 2.01. The predicted molar refractivity (Wildman–Crippen MR) is 104 cm³/mol. The number of para-hydroxylation sites is 1. The molecule has 3 rings (SSSR count). The molecule has 0 fully saturated rings. The third-order valence-corrected chi connectivity index (χ3v) is 5.24. The number of anilines is 1. The molecule has 1 aliphatic rings. The van der Waals surface area contributed by atoms with Crippen LogP contribution in [0, 0.1) is 0 Å². The van der Waals surface area contributed by atoms with Crippen LogP contribution in [0.3, 0.4) is 0 Å². The van der Waals surface area contributed by atoms with E-state index in [2.05, 4.69) is 15.0 Å². The number of amidine groups is 1. The van der Waals surface area contributed by atoms with Gasteiger partial charge in [-0.1, -0.05) is 18.2 Å². The number of hydrogen-bond acceptors (Lipinski definition) is 6. The minimum absolute atomic E-state index is 0.304. The number of benzene rings is 2. The normalized spacial score (nSPS) is 13.4. The molecule has 1 aliphatic heterocycles. The molecular formula is C18H22N4O4S. The monoisotopic (exact) mass is 390 g/mol. The molecule has 2 N–H and O–H groups in total. The second-order valence-electron chi connectivity index (χ2n) is 6.03. The summed E-state index contributed by atoms with van der Waals surface area (Å²) in [7, 11) is -0.614. The summed E-state index contributed by atoms with van der Waals surface area (Å²) >= 11 is 0. The van der Waals surface area contributed by atoms with Crippen LogP contribution in [-0.2, 0) is 21.6 Å². The first-order valence-corrected chi connectivity index (χ1v) is 9.84. The van der Waals surface area contributed by atoms with Crippen LogP contribution in [0.25, 0.3) is 0 Å². The topological polar surface area (TPSA) is 92.3 Å². The number of rotatable bonds is 7. The van der Waals surface area contributed by atoms with Gasteiger partial charge in [0.2, 0.25) is 0 Å². The fourth-order valence-corrected chi connectivity index (χ4v) is 2.94. The number of ether oxygens (including phenoxy) is 2. The molecule has 27 heavy (non-hydrogen) atoms. The van der Waals surface area contributed by atoms with Crippen LogP contribution >= 0.6 is 0 Å². The maximum Gasteiger partial charge on any atom is 0.301 e. The van der Waals surface area contributed by atoms with E-state index in [0.717, 1.165) is 21.3 Å². The van der Waals surface area contributed by atoms with E-state index in [9.17, 15) is 8.42 Å². The summed E-state index contributed by atoms with van der Waals surface area (Å²) in [6.07, 6.45) is 0. The summed E-state index contributed by atoms with van der Waals surface area (Å²) in [4.78, 5) is 4.40. The average Bonchev–Trinajstić information content (AvgIpc) is 2.65. The van der Waals surface area contributed by atoms with Crippen molar-refractivity contribution in [3.63, 3.8) is 0 Å². The lowest BCUT2D eigenvalue weighted by atomic mass is 10.1. The van der Waals surface area contributed by atoms with Crippen LogP contribution in [0.1, 0.15) is 5.56 Å². The summed E-state index contributed by atoms with van der Waals surface area (Å²) in [6.45, 7) is 1.33. The van der Waals surface area contributed by atoms with E-state index >= 15 is 0 Å². The van der Waals surface area contributed by atoms with Gasteiger partial charge in [0, 0.05) is 19.7 Å². The van der Waals surface area contributed by atoms with Crippen molar-refractivity contribution in [3.05, 3.63) is 54.1 Å². The standard InChI is InChI=1S/C18H22N4O4S/c1-22(2)27(23,24)21-15-8-9-17-14(12-15)13-26-18(20-17)19-10-11-25-16-6-4-3-5-7-16/h3-9,12,21H,10-11,13H2,1-2H3,(H,19,20). The molecule has 8 nitrogen and oxygen atoms in total. The highest BCUT2D eigenvalue weighted by Crippen LogP contribution is 2.27. The lowest BCUT2D eigenvalue weighted by Gasteiger charge is -2.19. The van der Waals surface area contributed by atoms with Gasteiger partial charge < -0.3 is 14.8 Å². The maximum absolute atomic E-state index is 11.9. The van der Waals surface area contributed by atoms with Gasteiger partial charge in [-0.25, -0.2) is 0 Å². The Morgan fingerprint density at radius 3 is 2.70 bits per heavy atom. The van der Waals surface area contributed by atoms with Gasteiger partial charge in [-0.3, -0.25) is 4.72 Å². The van der Waals surface area contributed by atoms with Crippen LogP contribution in [0.15, 0.2) is 53.5 Å². The van der Waals surface area contributed by atoms with Crippen LogP contribution < -0.4 is 14.8 Å². The van der Waals surface area contributed by atoms with E-state index in [4.69, 9.17) is 9.47 Å². The largest absolute Gasteiger partial charge is 0.492 e. The molecule has 0 saturated carbocycles. The van der Waals surface area contributed by atoms with Crippen molar-refractivity contribution in [1.29, 1.82) is 0 Å². The molecule has 1 heterocycles. The molecular weight excluding hydrogens is 368 g/mol. The lowest BCUT2D eigenvalue weighted by Crippen LogP contribution is -2.31. The summed E-state index contributed by atoms with van der Waals surface area (Å²) in [5.74, 6) is 0.809. The van der Waals surface area contributed by atoms with Gasteiger partial charge in [-0.2, -0.15) is 17.7 Å². The third-order valence-electron chi connectivity index (χ3n) is 3.78. The Balaban J connectivity index is 1.56. The average molecular weight is 390 g/mol. The third kappa shape index (κ3) is 5.11. The van der Waals surface area contributed by atoms with Crippen LogP contribution in [0.4, 0.5) is 11.4 Å². The van der Waals surface area contributed by atoms with E-state index < -0.39 is 10.2 Å². The van der Waals surface area contributed by atoms with Crippen molar-refractivity contribution in [2.24, 2.45) is 4.99 Å². The van der Waals surface area contributed by atoms with Crippen molar-refractivity contribution in [1.82, 2.24) is 9.62 Å².